The zero-order chi connectivity index (χ0) is 23.5. The smallest absolute Gasteiger partial charge is 0.341 e. The number of likely N-dealkylation sites (tertiary alicyclic amines) is 1. The van der Waals surface area contributed by atoms with E-state index >= 15 is 0 Å². The van der Waals surface area contributed by atoms with Crippen molar-refractivity contribution >= 4 is 28.9 Å². The van der Waals surface area contributed by atoms with E-state index in [9.17, 15) is 22.8 Å². The van der Waals surface area contributed by atoms with E-state index in [0.717, 1.165) is 15.8 Å². The van der Waals surface area contributed by atoms with Crippen LogP contribution in [0.2, 0.25) is 0 Å². The van der Waals surface area contributed by atoms with Crippen LogP contribution in [-0.2, 0) is 27.1 Å². The highest BCUT2D eigenvalue weighted by Gasteiger charge is 2.35. The summed E-state index contributed by atoms with van der Waals surface area (Å²) < 4.78 is 39.5. The largest absolute Gasteiger partial charge is 0.435 e. The van der Waals surface area contributed by atoms with Crippen LogP contribution < -0.4 is 0 Å². The van der Waals surface area contributed by atoms with Crippen molar-refractivity contribution < 1.29 is 27.6 Å². The molecule has 0 atom stereocenters. The van der Waals surface area contributed by atoms with Crippen molar-refractivity contribution in [3.63, 3.8) is 0 Å². The van der Waals surface area contributed by atoms with Crippen LogP contribution in [0.4, 0.5) is 13.2 Å². The summed E-state index contributed by atoms with van der Waals surface area (Å²) >= 11 is 1.45. The van der Waals surface area contributed by atoms with Crippen LogP contribution in [0.15, 0.2) is 29.3 Å². The van der Waals surface area contributed by atoms with Gasteiger partial charge in [-0.1, -0.05) is 11.7 Å². The van der Waals surface area contributed by atoms with Gasteiger partial charge < -0.3 is 9.74 Å². The Hall–Kier alpha value is -3.02. The summed E-state index contributed by atoms with van der Waals surface area (Å²) in [5.74, 6) is -0.677. The molecule has 0 bridgehead atoms. The Kier molecular flexibility index (Phi) is 7.12. The summed E-state index contributed by atoms with van der Waals surface area (Å²) in [6.45, 7) is 7.10. The molecule has 0 aromatic carbocycles. The molecule has 1 aliphatic rings. The maximum Gasteiger partial charge on any atom is 0.435 e. The molecular formula is C20H22F3N5O3S. The van der Waals surface area contributed by atoms with Gasteiger partial charge in [0.2, 0.25) is 5.91 Å². The molecule has 1 aliphatic heterocycles. The number of piperidine rings is 1. The highest BCUT2D eigenvalue weighted by atomic mass is 32.1. The van der Waals surface area contributed by atoms with Crippen LogP contribution >= 0.6 is 11.3 Å². The predicted octanol–water partition coefficient (Wildman–Crippen LogP) is 3.53. The molecule has 3 heterocycles. The second-order valence-electron chi connectivity index (χ2n) is 7.32. The maximum atomic E-state index is 12.8. The third-order valence-electron chi connectivity index (χ3n) is 5.00. The predicted molar refractivity (Wildman–Crippen MR) is 111 cm³/mol. The van der Waals surface area contributed by atoms with Gasteiger partial charge in [0.05, 0.1) is 5.01 Å². The number of oxime groups is 1. The zero-order valence-corrected chi connectivity index (χ0v) is 18.4. The Balaban J connectivity index is 1.59. The zero-order valence-electron chi connectivity index (χ0n) is 17.6. The lowest BCUT2D eigenvalue weighted by Gasteiger charge is -2.31. The summed E-state index contributed by atoms with van der Waals surface area (Å²) in [5.41, 5.74) is 0.180. The molecule has 3 rings (SSSR count). The van der Waals surface area contributed by atoms with E-state index in [0.29, 0.717) is 37.3 Å². The van der Waals surface area contributed by atoms with Crippen LogP contribution in [-0.4, -0.2) is 50.3 Å². The molecule has 2 aromatic heterocycles. The number of amides is 1. The van der Waals surface area contributed by atoms with Crippen LogP contribution in [0.1, 0.15) is 47.8 Å². The number of rotatable bonds is 6. The highest BCUT2D eigenvalue weighted by molar-refractivity contribution is 7.10. The molecule has 0 aliphatic carbocycles. The molecule has 1 amide bonds. The van der Waals surface area contributed by atoms with Gasteiger partial charge in [-0.2, -0.15) is 18.3 Å². The SMILES string of the molecule is C=CC(=NOC(C)=O)c1csc(C2CCN(C(=O)Cn3nc(C(F)(F)F)cc3C)CC2)n1. The molecule has 0 spiro atoms. The van der Waals surface area contributed by atoms with Crippen molar-refractivity contribution in [3.8, 4) is 0 Å². The number of aryl methyl sites for hydroxylation is 1. The van der Waals surface area contributed by atoms with Gasteiger partial charge >= 0.3 is 12.1 Å². The quantitative estimate of drug-likeness (QED) is 0.367. The van der Waals surface area contributed by atoms with Crippen LogP contribution in [0.25, 0.3) is 0 Å². The Morgan fingerprint density at radius 1 is 1.38 bits per heavy atom. The molecule has 2 aromatic rings. The van der Waals surface area contributed by atoms with Gasteiger partial charge in [0.1, 0.15) is 18.0 Å². The topological polar surface area (TPSA) is 89.7 Å². The van der Waals surface area contributed by atoms with Gasteiger partial charge in [0.25, 0.3) is 0 Å². The first-order valence-corrected chi connectivity index (χ1v) is 10.7. The van der Waals surface area contributed by atoms with Crippen LogP contribution in [0, 0.1) is 6.92 Å². The van der Waals surface area contributed by atoms with Crippen molar-refractivity contribution in [2.45, 2.75) is 45.3 Å². The summed E-state index contributed by atoms with van der Waals surface area (Å²) in [4.78, 5) is 34.4. The van der Waals surface area contributed by atoms with Gasteiger partial charge in [-0.05, 0) is 31.9 Å². The fraction of sp³-hybridized carbons (Fsp3) is 0.450. The molecule has 1 fully saturated rings. The number of halogens is 3. The molecule has 12 heteroatoms. The fourth-order valence-electron chi connectivity index (χ4n) is 3.31. The van der Waals surface area contributed by atoms with E-state index in [1.807, 2.05) is 0 Å². The Morgan fingerprint density at radius 3 is 2.62 bits per heavy atom. The first-order valence-electron chi connectivity index (χ1n) is 9.81. The second kappa shape index (κ2) is 9.63. The number of nitrogens with zero attached hydrogens (tertiary/aromatic N) is 5. The molecule has 0 saturated carbocycles. The van der Waals surface area contributed by atoms with Gasteiger partial charge in [-0.3, -0.25) is 9.48 Å². The third-order valence-corrected chi connectivity index (χ3v) is 6.01. The van der Waals surface area contributed by atoms with Crippen molar-refractivity contribution in [1.29, 1.82) is 0 Å². The monoisotopic (exact) mass is 469 g/mol. The molecule has 32 heavy (non-hydrogen) atoms. The lowest BCUT2D eigenvalue weighted by atomic mass is 9.97. The number of hydrogen-bond donors (Lipinski definition) is 0. The number of thiazole rings is 1. The van der Waals surface area contributed by atoms with Crippen molar-refractivity contribution in [2.75, 3.05) is 13.1 Å². The number of hydrogen-bond acceptors (Lipinski definition) is 7. The number of alkyl halides is 3. The Bertz CT molecular complexity index is 1040. The molecule has 0 unspecified atom stereocenters. The van der Waals surface area contributed by atoms with Crippen molar-refractivity contribution in [2.24, 2.45) is 5.16 Å². The molecule has 8 nitrogen and oxygen atoms in total. The maximum absolute atomic E-state index is 12.8. The highest BCUT2D eigenvalue weighted by Crippen LogP contribution is 2.31. The number of aromatic nitrogens is 3. The van der Waals surface area contributed by atoms with Gasteiger partial charge in [0, 0.05) is 37.0 Å². The van der Waals surface area contributed by atoms with Gasteiger partial charge in [-0.15, -0.1) is 11.3 Å². The van der Waals surface area contributed by atoms with E-state index in [2.05, 4.69) is 26.7 Å². The second-order valence-corrected chi connectivity index (χ2v) is 8.21. The molecule has 1 saturated heterocycles. The number of carbonyl (C=O) groups is 2. The van der Waals surface area contributed by atoms with Gasteiger partial charge in [-0.25, -0.2) is 9.78 Å². The summed E-state index contributed by atoms with van der Waals surface area (Å²) in [6.07, 6.45) is -1.74. The van der Waals surface area contributed by atoms with Crippen LogP contribution in [0.3, 0.4) is 0 Å². The first kappa shape index (κ1) is 23.6. The minimum atomic E-state index is -4.54. The lowest BCUT2D eigenvalue weighted by molar-refractivity contribution is -0.142. The van der Waals surface area contributed by atoms with E-state index in [-0.39, 0.29) is 24.1 Å². The minimum Gasteiger partial charge on any atom is -0.341 e. The standard InChI is InChI=1S/C20H22F3N5O3S/c1-4-15(26-31-13(3)29)16-11-32-19(24-16)14-5-7-27(8-6-14)18(30)10-28-12(2)9-17(25-28)20(21,22)23/h4,9,11,14H,1,5-8,10H2,2-3H3. The number of carbonyl (C=O) groups excluding carboxylic acids is 2. The van der Waals surface area contributed by atoms with Crippen molar-refractivity contribution in [3.05, 3.63) is 46.2 Å². The lowest BCUT2D eigenvalue weighted by Crippen LogP contribution is -2.40. The average Bonchev–Trinajstić information content (AvgIpc) is 3.36. The van der Waals surface area contributed by atoms with E-state index in [1.165, 1.54) is 31.3 Å². The molecule has 0 N–H and O–H groups in total. The van der Waals surface area contributed by atoms with Gasteiger partial charge in [0.15, 0.2) is 5.69 Å². The van der Waals surface area contributed by atoms with Crippen molar-refractivity contribution in [1.82, 2.24) is 19.7 Å². The summed E-state index contributed by atoms with van der Waals surface area (Å²) in [5, 5.41) is 9.93. The van der Waals surface area contributed by atoms with E-state index in [1.54, 1.807) is 10.3 Å². The Morgan fingerprint density at radius 2 is 2.06 bits per heavy atom. The normalized spacial score (nSPS) is 15.7. The van der Waals surface area contributed by atoms with Crippen LogP contribution in [0.5, 0.6) is 0 Å². The first-order chi connectivity index (χ1) is 15.1. The third kappa shape index (κ3) is 5.61. The molecular weight excluding hydrogens is 447 g/mol. The summed E-state index contributed by atoms with van der Waals surface area (Å²) in [6, 6.07) is 0.932. The molecule has 172 valence electrons. The molecule has 0 radical (unpaired) electrons. The minimum absolute atomic E-state index is 0.140. The fourth-order valence-corrected chi connectivity index (χ4v) is 4.29. The summed E-state index contributed by atoms with van der Waals surface area (Å²) in [7, 11) is 0. The van der Waals surface area contributed by atoms with E-state index in [4.69, 9.17) is 0 Å². The van der Waals surface area contributed by atoms with E-state index < -0.39 is 17.8 Å². The average molecular weight is 469 g/mol. The Labute approximate surface area is 186 Å². The number of allylic oxidation sites excluding steroid dienone is 1.